The van der Waals surface area contributed by atoms with Crippen molar-refractivity contribution in [2.24, 2.45) is 4.99 Å². The lowest BCUT2D eigenvalue weighted by Gasteiger charge is -2.12. The molecule has 0 aliphatic heterocycles. The van der Waals surface area contributed by atoms with Gasteiger partial charge < -0.3 is 24.8 Å². The Bertz CT molecular complexity index is 769. The molecule has 0 unspecified atom stereocenters. The second kappa shape index (κ2) is 13.9. The molecule has 2 N–H and O–H groups in total. The zero-order chi connectivity index (χ0) is 20.2. The minimum absolute atomic E-state index is 0. The fraction of sp³-hybridized carbons (Fsp3) is 0.409. The van der Waals surface area contributed by atoms with Gasteiger partial charge in [-0.05, 0) is 55.2 Å². The molecule has 0 saturated carbocycles. The largest absolute Gasteiger partial charge is 0.497 e. The van der Waals surface area contributed by atoms with Gasteiger partial charge in [-0.1, -0.05) is 18.2 Å². The Kier molecular flexibility index (Phi) is 11.9. The van der Waals surface area contributed by atoms with Crippen molar-refractivity contribution < 1.29 is 14.2 Å². The first-order chi connectivity index (χ1) is 13.7. The molecule has 0 atom stereocenters. The van der Waals surface area contributed by atoms with E-state index in [1.54, 1.807) is 21.3 Å². The van der Waals surface area contributed by atoms with Crippen molar-refractivity contribution in [1.29, 1.82) is 0 Å². The fourth-order valence-corrected chi connectivity index (χ4v) is 2.82. The molecule has 0 saturated heterocycles. The Hall–Kier alpha value is -2.16. The number of aryl methyl sites for hydroxylation is 1. The van der Waals surface area contributed by atoms with Crippen molar-refractivity contribution in [3.05, 3.63) is 53.6 Å². The molecule has 2 aromatic rings. The van der Waals surface area contributed by atoms with Crippen molar-refractivity contribution in [2.45, 2.75) is 26.3 Å². The molecule has 0 bridgehead atoms. The first-order valence-corrected chi connectivity index (χ1v) is 9.56. The van der Waals surface area contributed by atoms with E-state index < -0.39 is 0 Å². The van der Waals surface area contributed by atoms with Gasteiger partial charge >= 0.3 is 0 Å². The molecule has 29 heavy (non-hydrogen) atoms. The highest BCUT2D eigenvalue weighted by Gasteiger charge is 2.05. The molecule has 0 radical (unpaired) electrons. The number of hydrogen-bond donors (Lipinski definition) is 2. The Balaban J connectivity index is 0.00000420. The Labute approximate surface area is 191 Å². The number of ether oxygens (including phenoxy) is 3. The standard InChI is InChI=1S/C22H31N3O3.HI/c1-5-23-22(24-13-7-9-17-8-6-10-19(14-17)26-2)25-16-18-11-12-20(27-3)21(15-18)28-4;/h6,8,10-12,14-15H,5,7,9,13,16H2,1-4H3,(H2,23,24,25);1H. The van der Waals surface area contributed by atoms with Gasteiger partial charge in [-0.3, -0.25) is 0 Å². The Morgan fingerprint density at radius 2 is 1.69 bits per heavy atom. The van der Waals surface area contributed by atoms with Gasteiger partial charge in [-0.2, -0.15) is 0 Å². The van der Waals surface area contributed by atoms with Crippen LogP contribution < -0.4 is 24.8 Å². The van der Waals surface area contributed by atoms with E-state index in [1.807, 2.05) is 30.3 Å². The second-order valence-corrected chi connectivity index (χ2v) is 6.27. The third-order valence-electron chi connectivity index (χ3n) is 4.28. The summed E-state index contributed by atoms with van der Waals surface area (Å²) < 4.78 is 15.9. The molecular weight excluding hydrogens is 481 g/mol. The molecule has 6 nitrogen and oxygen atoms in total. The van der Waals surface area contributed by atoms with Crippen LogP contribution in [0.4, 0.5) is 0 Å². The Morgan fingerprint density at radius 1 is 0.897 bits per heavy atom. The second-order valence-electron chi connectivity index (χ2n) is 6.27. The van der Waals surface area contributed by atoms with E-state index in [0.717, 1.165) is 49.0 Å². The average molecular weight is 513 g/mol. The number of hydrogen-bond acceptors (Lipinski definition) is 4. The van der Waals surface area contributed by atoms with E-state index in [-0.39, 0.29) is 24.0 Å². The van der Waals surface area contributed by atoms with Crippen LogP contribution in [0.1, 0.15) is 24.5 Å². The third-order valence-corrected chi connectivity index (χ3v) is 4.28. The summed E-state index contributed by atoms with van der Waals surface area (Å²) in [6.07, 6.45) is 1.99. The molecule has 0 fully saturated rings. The van der Waals surface area contributed by atoms with Crippen LogP contribution in [0, 0.1) is 0 Å². The first kappa shape index (κ1) is 24.9. The number of nitrogens with zero attached hydrogens (tertiary/aromatic N) is 1. The quantitative estimate of drug-likeness (QED) is 0.218. The molecule has 0 spiro atoms. The smallest absolute Gasteiger partial charge is 0.191 e. The van der Waals surface area contributed by atoms with Crippen LogP contribution in [0.2, 0.25) is 0 Å². The van der Waals surface area contributed by atoms with Crippen LogP contribution in [0.15, 0.2) is 47.5 Å². The van der Waals surface area contributed by atoms with Gasteiger partial charge in [-0.25, -0.2) is 4.99 Å². The summed E-state index contributed by atoms with van der Waals surface area (Å²) in [5.74, 6) is 3.14. The predicted octanol–water partition coefficient (Wildman–Crippen LogP) is 4.02. The van der Waals surface area contributed by atoms with E-state index in [4.69, 9.17) is 14.2 Å². The van der Waals surface area contributed by atoms with Gasteiger partial charge in [0.25, 0.3) is 0 Å². The van der Waals surface area contributed by atoms with Gasteiger partial charge in [-0.15, -0.1) is 24.0 Å². The highest BCUT2D eigenvalue weighted by molar-refractivity contribution is 14.0. The molecule has 2 aromatic carbocycles. The van der Waals surface area contributed by atoms with E-state index in [9.17, 15) is 0 Å². The highest BCUT2D eigenvalue weighted by Crippen LogP contribution is 2.27. The highest BCUT2D eigenvalue weighted by atomic mass is 127. The lowest BCUT2D eigenvalue weighted by Crippen LogP contribution is -2.37. The zero-order valence-corrected chi connectivity index (χ0v) is 20.0. The molecule has 7 heteroatoms. The Morgan fingerprint density at radius 3 is 2.38 bits per heavy atom. The van der Waals surface area contributed by atoms with Crippen molar-refractivity contribution >= 4 is 29.9 Å². The van der Waals surface area contributed by atoms with E-state index in [1.165, 1.54) is 5.56 Å². The van der Waals surface area contributed by atoms with Gasteiger partial charge in [0.1, 0.15) is 5.75 Å². The molecule has 0 aliphatic rings. The fourth-order valence-electron chi connectivity index (χ4n) is 2.82. The molecule has 2 rings (SSSR count). The summed E-state index contributed by atoms with van der Waals surface area (Å²) in [4.78, 5) is 4.66. The normalized spacial score (nSPS) is 10.7. The van der Waals surface area contributed by atoms with Crippen LogP contribution in [0.3, 0.4) is 0 Å². The monoisotopic (exact) mass is 513 g/mol. The number of halogens is 1. The van der Waals surface area contributed by atoms with Crippen LogP contribution in [-0.2, 0) is 13.0 Å². The predicted molar refractivity (Wildman–Crippen MR) is 129 cm³/mol. The number of nitrogens with one attached hydrogen (secondary N) is 2. The van der Waals surface area contributed by atoms with Gasteiger partial charge in [0.15, 0.2) is 17.5 Å². The molecule has 0 aromatic heterocycles. The number of guanidine groups is 1. The lowest BCUT2D eigenvalue weighted by molar-refractivity contribution is 0.354. The van der Waals surface area contributed by atoms with E-state index >= 15 is 0 Å². The maximum Gasteiger partial charge on any atom is 0.191 e. The maximum atomic E-state index is 5.36. The third kappa shape index (κ3) is 8.39. The minimum atomic E-state index is 0. The van der Waals surface area contributed by atoms with Gasteiger partial charge in [0.2, 0.25) is 0 Å². The van der Waals surface area contributed by atoms with Gasteiger partial charge in [0.05, 0.1) is 27.9 Å². The van der Waals surface area contributed by atoms with E-state index in [2.05, 4.69) is 34.7 Å². The van der Waals surface area contributed by atoms with E-state index in [0.29, 0.717) is 12.3 Å². The zero-order valence-electron chi connectivity index (χ0n) is 17.7. The molecule has 0 amide bonds. The molecule has 0 heterocycles. The molecule has 160 valence electrons. The van der Waals surface area contributed by atoms with Crippen LogP contribution in [0.25, 0.3) is 0 Å². The van der Waals surface area contributed by atoms with Crippen molar-refractivity contribution in [3.8, 4) is 17.2 Å². The van der Waals surface area contributed by atoms with Crippen molar-refractivity contribution in [1.82, 2.24) is 10.6 Å². The number of benzene rings is 2. The average Bonchev–Trinajstić information content (AvgIpc) is 2.74. The summed E-state index contributed by atoms with van der Waals surface area (Å²) in [6.45, 7) is 4.28. The summed E-state index contributed by atoms with van der Waals surface area (Å²) in [5.41, 5.74) is 2.33. The maximum absolute atomic E-state index is 5.36. The summed E-state index contributed by atoms with van der Waals surface area (Å²) >= 11 is 0. The summed E-state index contributed by atoms with van der Waals surface area (Å²) in [7, 11) is 4.96. The molecular formula is C22H32IN3O3. The number of rotatable bonds is 10. The van der Waals surface area contributed by atoms with Crippen LogP contribution >= 0.6 is 24.0 Å². The first-order valence-electron chi connectivity index (χ1n) is 9.56. The number of methoxy groups -OCH3 is 3. The minimum Gasteiger partial charge on any atom is -0.497 e. The van der Waals surface area contributed by atoms with Crippen molar-refractivity contribution in [3.63, 3.8) is 0 Å². The van der Waals surface area contributed by atoms with Crippen LogP contribution in [0.5, 0.6) is 17.2 Å². The van der Waals surface area contributed by atoms with Gasteiger partial charge in [0, 0.05) is 13.1 Å². The SMILES string of the molecule is CCNC(=NCc1ccc(OC)c(OC)c1)NCCCc1cccc(OC)c1.I. The van der Waals surface area contributed by atoms with Crippen molar-refractivity contribution in [2.75, 3.05) is 34.4 Å². The summed E-state index contributed by atoms with van der Waals surface area (Å²) in [6, 6.07) is 14.0. The van der Waals surface area contributed by atoms with Crippen LogP contribution in [-0.4, -0.2) is 40.4 Å². The number of aliphatic imine (C=N–C) groups is 1. The molecule has 0 aliphatic carbocycles. The summed E-state index contributed by atoms with van der Waals surface area (Å²) in [5, 5.41) is 6.68. The lowest BCUT2D eigenvalue weighted by atomic mass is 10.1. The topological polar surface area (TPSA) is 64.1 Å².